The number of nitrogens with zero attached hydrogens (tertiary/aromatic N) is 3. The molecule has 1 fully saturated rings. The highest BCUT2D eigenvalue weighted by Gasteiger charge is 2.61. The van der Waals surface area contributed by atoms with Crippen LogP contribution in [0.2, 0.25) is 0 Å². The molecule has 9 aromatic rings. The van der Waals surface area contributed by atoms with Crippen LogP contribution in [-0.2, 0) is 32.5 Å². The van der Waals surface area contributed by atoms with Crippen molar-refractivity contribution in [1.82, 2.24) is 0 Å². The van der Waals surface area contributed by atoms with Crippen LogP contribution in [0.25, 0.3) is 22.3 Å². The van der Waals surface area contributed by atoms with E-state index < -0.39 is 0 Å². The Kier molecular flexibility index (Phi) is 13.1. The molecule has 430 valence electrons. The van der Waals surface area contributed by atoms with Crippen molar-refractivity contribution in [3.8, 4) is 22.3 Å². The van der Waals surface area contributed by atoms with E-state index in [0.29, 0.717) is 0 Å². The van der Waals surface area contributed by atoms with Gasteiger partial charge in [-0.15, -0.1) is 0 Å². The van der Waals surface area contributed by atoms with Crippen molar-refractivity contribution in [2.75, 3.05) is 14.7 Å². The molecule has 4 heteroatoms. The van der Waals surface area contributed by atoms with Gasteiger partial charge in [-0.2, -0.15) is 0 Å². The normalized spacial score (nSPS) is 18.4. The Bertz CT molecular complexity index is 3870. The summed E-state index contributed by atoms with van der Waals surface area (Å²) in [4.78, 5) is 8.26. The molecular formula is C81H88BN3. The summed E-state index contributed by atoms with van der Waals surface area (Å²) in [5.41, 5.74) is 27.4. The number of fused-ring (bicyclic) bond motifs is 7. The molecule has 0 bridgehead atoms. The first kappa shape index (κ1) is 56.6. The molecule has 1 aliphatic carbocycles. The summed E-state index contributed by atoms with van der Waals surface area (Å²) < 4.78 is 0. The molecule has 4 aliphatic rings. The number of benzene rings is 9. The van der Waals surface area contributed by atoms with Crippen LogP contribution in [-0.4, -0.2) is 12.3 Å². The van der Waals surface area contributed by atoms with Crippen molar-refractivity contribution < 1.29 is 0 Å². The first-order chi connectivity index (χ1) is 40.2. The zero-order valence-corrected chi connectivity index (χ0v) is 53.7. The minimum Gasteiger partial charge on any atom is -0.334 e. The van der Waals surface area contributed by atoms with Gasteiger partial charge in [-0.3, -0.25) is 0 Å². The molecular weight excluding hydrogens is 1030 g/mol. The summed E-state index contributed by atoms with van der Waals surface area (Å²) in [5.74, 6) is 0. The van der Waals surface area contributed by atoms with Gasteiger partial charge in [0, 0.05) is 50.7 Å². The van der Waals surface area contributed by atoms with Crippen LogP contribution in [0.5, 0.6) is 0 Å². The highest BCUT2D eigenvalue weighted by Crippen LogP contribution is 2.65. The average Bonchev–Trinajstić information content (AvgIpc) is 1.67. The predicted molar refractivity (Wildman–Crippen MR) is 368 cm³/mol. The number of rotatable bonds is 6. The molecule has 0 spiro atoms. The number of para-hydroxylation sites is 1. The van der Waals surface area contributed by atoms with Gasteiger partial charge < -0.3 is 14.7 Å². The highest BCUT2D eigenvalue weighted by atomic mass is 15.3. The van der Waals surface area contributed by atoms with Gasteiger partial charge in [-0.1, -0.05) is 256 Å². The van der Waals surface area contributed by atoms with E-state index in [2.05, 4.69) is 320 Å². The van der Waals surface area contributed by atoms with Crippen molar-refractivity contribution >= 4 is 68.6 Å². The van der Waals surface area contributed by atoms with Gasteiger partial charge >= 0.3 is 0 Å². The SMILES string of the molecule is CC(C)(C)c1ccc(C23CCCCC2(C)N(c2cc4c5c(c2)N(c2ccc(C(C)(C)C)cc2-c2ccccc2)c2ccc(C(C)(C)C)cc2B5c2cc(C(C)(C)C)ccc2N4c2ccc(C(C)(C)C)cc2-c2ccccc2)c2ccccc23)cc1. The third-order valence-electron chi connectivity index (χ3n) is 20.1. The average molecular weight is 1110 g/mol. The van der Waals surface area contributed by atoms with Gasteiger partial charge in [0.15, 0.2) is 0 Å². The number of anilines is 8. The third kappa shape index (κ3) is 9.13. The second-order valence-corrected chi connectivity index (χ2v) is 30.8. The fraction of sp³-hybridized carbons (Fsp3) is 0.333. The summed E-state index contributed by atoms with van der Waals surface area (Å²) in [6, 6.07) is 76.7. The van der Waals surface area contributed by atoms with E-state index in [9.17, 15) is 0 Å². The van der Waals surface area contributed by atoms with E-state index in [1.54, 1.807) is 0 Å². The molecule has 0 N–H and O–H groups in total. The Morgan fingerprint density at radius 1 is 0.353 bits per heavy atom. The Labute approximate surface area is 510 Å². The second-order valence-electron chi connectivity index (χ2n) is 30.8. The molecule has 3 nitrogen and oxygen atoms in total. The zero-order chi connectivity index (χ0) is 60.0. The maximum atomic E-state index is 2.85. The van der Waals surface area contributed by atoms with Crippen LogP contribution >= 0.6 is 0 Å². The standard InChI is InChI=1S/C81H88BN3/c1-75(2,3)55-33-35-56(36-34-55)81-46-26-25-45-80(81,16)85(69-32-24-23-31-64(69)81)61-51-72-74-73(52-61)84(68-42-38-58(77(7,8)9)48-63(68)54-29-21-18-22-30-54)71-44-40-60(79(13,14)15)50-66(71)82(74)65-49-59(78(10,11)12)39-43-70(65)83(72)67-41-37-57(76(4,5)6)47-62(67)53-27-19-17-20-28-53/h17-24,27-44,47-52H,25-26,45-46H2,1-16H3. The Balaban J connectivity index is 1.20. The molecule has 0 amide bonds. The van der Waals surface area contributed by atoms with E-state index in [-0.39, 0.29) is 44.7 Å². The fourth-order valence-electron chi connectivity index (χ4n) is 15.3. The molecule has 0 aromatic heterocycles. The van der Waals surface area contributed by atoms with Crippen molar-refractivity contribution in [2.45, 2.75) is 174 Å². The molecule has 3 heterocycles. The zero-order valence-electron chi connectivity index (χ0n) is 53.7. The summed E-state index contributed by atoms with van der Waals surface area (Å²) >= 11 is 0. The highest BCUT2D eigenvalue weighted by molar-refractivity contribution is 7.00. The van der Waals surface area contributed by atoms with E-state index in [0.717, 1.165) is 19.3 Å². The lowest BCUT2D eigenvalue weighted by Crippen LogP contribution is -2.62. The molecule has 1 saturated carbocycles. The summed E-state index contributed by atoms with van der Waals surface area (Å²) in [6.45, 7) is 37.9. The lowest BCUT2D eigenvalue weighted by atomic mass is 9.33. The van der Waals surface area contributed by atoms with E-state index >= 15 is 0 Å². The maximum absolute atomic E-state index is 2.85. The summed E-state index contributed by atoms with van der Waals surface area (Å²) in [6.07, 6.45) is 4.48. The smallest absolute Gasteiger partial charge is 0.252 e. The van der Waals surface area contributed by atoms with E-state index in [4.69, 9.17) is 0 Å². The number of hydrogen-bond acceptors (Lipinski definition) is 3. The van der Waals surface area contributed by atoms with Crippen LogP contribution in [0.3, 0.4) is 0 Å². The van der Waals surface area contributed by atoms with Crippen molar-refractivity contribution in [3.63, 3.8) is 0 Å². The maximum Gasteiger partial charge on any atom is 0.252 e. The Hall–Kier alpha value is -7.56. The lowest BCUT2D eigenvalue weighted by Gasteiger charge is -2.53. The molecule has 9 aromatic carbocycles. The minimum absolute atomic E-state index is 0.0482. The minimum atomic E-state index is -0.316. The molecule has 3 aliphatic heterocycles. The molecule has 2 unspecified atom stereocenters. The quantitative estimate of drug-likeness (QED) is 0.154. The van der Waals surface area contributed by atoms with Crippen molar-refractivity contribution in [2.24, 2.45) is 0 Å². The van der Waals surface area contributed by atoms with Crippen molar-refractivity contribution in [1.29, 1.82) is 0 Å². The lowest BCUT2D eigenvalue weighted by molar-refractivity contribution is 0.215. The molecule has 2 atom stereocenters. The predicted octanol–water partition coefficient (Wildman–Crippen LogP) is 20.4. The van der Waals surface area contributed by atoms with E-state index in [1.807, 2.05) is 0 Å². The summed E-state index contributed by atoms with van der Waals surface area (Å²) in [5, 5.41) is 0. The number of hydrogen-bond donors (Lipinski definition) is 0. The second kappa shape index (κ2) is 19.7. The molecule has 85 heavy (non-hydrogen) atoms. The van der Waals surface area contributed by atoms with Crippen LogP contribution in [0.4, 0.5) is 45.5 Å². The van der Waals surface area contributed by atoms with Gasteiger partial charge in [0.2, 0.25) is 0 Å². The largest absolute Gasteiger partial charge is 0.334 e. The van der Waals surface area contributed by atoms with Gasteiger partial charge in [-0.05, 0) is 168 Å². The van der Waals surface area contributed by atoms with Crippen LogP contribution in [0.15, 0.2) is 194 Å². The molecule has 0 saturated heterocycles. The van der Waals surface area contributed by atoms with Gasteiger partial charge in [0.25, 0.3) is 6.71 Å². The fourth-order valence-corrected chi connectivity index (χ4v) is 15.3. The van der Waals surface area contributed by atoms with Crippen LogP contribution in [0.1, 0.15) is 175 Å². The summed E-state index contributed by atoms with van der Waals surface area (Å²) in [7, 11) is 0. The van der Waals surface area contributed by atoms with E-state index in [1.165, 1.54) is 130 Å². The van der Waals surface area contributed by atoms with Crippen molar-refractivity contribution in [3.05, 3.63) is 233 Å². The monoisotopic (exact) mass is 1110 g/mol. The Morgan fingerprint density at radius 3 is 1.19 bits per heavy atom. The van der Waals surface area contributed by atoms with Gasteiger partial charge in [0.1, 0.15) is 0 Å². The first-order valence-electron chi connectivity index (χ1n) is 31.7. The Morgan fingerprint density at radius 2 is 0.741 bits per heavy atom. The van der Waals surface area contributed by atoms with Gasteiger partial charge in [0.05, 0.1) is 16.9 Å². The van der Waals surface area contributed by atoms with Gasteiger partial charge in [-0.25, -0.2) is 0 Å². The topological polar surface area (TPSA) is 9.72 Å². The van der Waals surface area contributed by atoms with Crippen LogP contribution < -0.4 is 31.1 Å². The third-order valence-corrected chi connectivity index (χ3v) is 20.1. The molecule has 13 rings (SSSR count). The van der Waals surface area contributed by atoms with Crippen LogP contribution in [0, 0.1) is 0 Å². The molecule has 0 radical (unpaired) electrons. The first-order valence-corrected chi connectivity index (χ1v) is 31.7.